The van der Waals surface area contributed by atoms with E-state index >= 15 is 0 Å². The molecule has 3 heterocycles. The van der Waals surface area contributed by atoms with Crippen molar-refractivity contribution in [1.82, 2.24) is 14.7 Å². The Morgan fingerprint density at radius 3 is 2.81 bits per heavy atom. The first-order chi connectivity index (χ1) is 15.2. The normalized spacial score (nSPS) is 15.8. The number of allylic oxidation sites excluding steroid dienone is 1. The molecule has 0 bridgehead atoms. The van der Waals surface area contributed by atoms with Crippen LogP contribution in [-0.2, 0) is 19.4 Å². The Morgan fingerprint density at radius 2 is 1.90 bits per heavy atom. The molecule has 5 heteroatoms. The first-order valence-electron chi connectivity index (χ1n) is 11.3. The molecule has 0 spiro atoms. The highest BCUT2D eigenvalue weighted by atomic mass is 16.5. The predicted octanol–water partition coefficient (Wildman–Crippen LogP) is 4.96. The molecular weight excluding hydrogens is 384 g/mol. The zero-order valence-electron chi connectivity index (χ0n) is 18.0. The van der Waals surface area contributed by atoms with Gasteiger partial charge in [-0.2, -0.15) is 5.10 Å². The SMILES string of the molecule is C=C1CCc2ccc(OCCCCN3CCc4nn(-c5ccccc5)cc4C3)cc2N1. The number of para-hydroxylation sites is 1. The van der Waals surface area contributed by atoms with Crippen molar-refractivity contribution in [3.8, 4) is 11.4 Å². The maximum absolute atomic E-state index is 6.00. The fourth-order valence-electron chi connectivity index (χ4n) is 4.42. The van der Waals surface area contributed by atoms with Gasteiger partial charge in [-0.1, -0.05) is 30.8 Å². The second-order valence-corrected chi connectivity index (χ2v) is 8.51. The molecule has 2 aromatic carbocycles. The maximum Gasteiger partial charge on any atom is 0.121 e. The van der Waals surface area contributed by atoms with Gasteiger partial charge >= 0.3 is 0 Å². The minimum atomic E-state index is 0.755. The van der Waals surface area contributed by atoms with Crippen LogP contribution in [0.4, 0.5) is 5.69 Å². The number of anilines is 1. The van der Waals surface area contributed by atoms with E-state index in [1.165, 1.54) is 16.8 Å². The number of unbranched alkanes of at least 4 members (excludes halogenated alkanes) is 1. The highest BCUT2D eigenvalue weighted by Crippen LogP contribution is 2.29. The number of nitrogens with zero attached hydrogens (tertiary/aromatic N) is 3. The number of rotatable bonds is 7. The summed E-state index contributed by atoms with van der Waals surface area (Å²) in [4.78, 5) is 2.54. The number of nitrogens with one attached hydrogen (secondary N) is 1. The van der Waals surface area contributed by atoms with E-state index in [0.717, 1.165) is 81.2 Å². The number of hydrogen-bond donors (Lipinski definition) is 1. The zero-order chi connectivity index (χ0) is 21.0. The van der Waals surface area contributed by atoms with E-state index < -0.39 is 0 Å². The molecule has 2 aliphatic heterocycles. The number of hydrogen-bond acceptors (Lipinski definition) is 4. The first-order valence-corrected chi connectivity index (χ1v) is 11.3. The van der Waals surface area contributed by atoms with Crippen LogP contribution in [0.15, 0.2) is 67.0 Å². The summed E-state index contributed by atoms with van der Waals surface area (Å²) in [7, 11) is 0. The summed E-state index contributed by atoms with van der Waals surface area (Å²) >= 11 is 0. The molecule has 2 aliphatic rings. The second kappa shape index (κ2) is 8.98. The van der Waals surface area contributed by atoms with Gasteiger partial charge in [-0.05, 0) is 56.0 Å². The van der Waals surface area contributed by atoms with Crippen molar-refractivity contribution < 1.29 is 4.74 Å². The molecular formula is C26H30N4O. The standard InChI is InChI=1S/C26H30N4O/c1-20-9-10-21-11-12-24(17-26(21)27-20)31-16-6-5-14-29-15-13-25-22(18-29)19-30(28-25)23-7-3-2-4-8-23/h2-4,7-8,11-12,17,19,27H,1,5-6,9-10,13-16,18H2. The summed E-state index contributed by atoms with van der Waals surface area (Å²) in [6, 6.07) is 16.7. The van der Waals surface area contributed by atoms with Crippen molar-refractivity contribution in [2.75, 3.05) is 25.0 Å². The van der Waals surface area contributed by atoms with Gasteiger partial charge in [0.1, 0.15) is 5.75 Å². The lowest BCUT2D eigenvalue weighted by Crippen LogP contribution is -2.31. The fraction of sp³-hybridized carbons (Fsp3) is 0.346. The summed E-state index contributed by atoms with van der Waals surface area (Å²) < 4.78 is 8.02. The Bertz CT molecular complexity index is 1060. The molecule has 1 aromatic heterocycles. The molecule has 0 radical (unpaired) electrons. The minimum absolute atomic E-state index is 0.755. The largest absolute Gasteiger partial charge is 0.494 e. The van der Waals surface area contributed by atoms with Gasteiger partial charge in [-0.15, -0.1) is 0 Å². The van der Waals surface area contributed by atoms with Gasteiger partial charge in [0, 0.05) is 48.7 Å². The first kappa shape index (κ1) is 19.9. The van der Waals surface area contributed by atoms with Crippen molar-refractivity contribution in [1.29, 1.82) is 0 Å². The lowest BCUT2D eigenvalue weighted by atomic mass is 10.0. The Morgan fingerprint density at radius 1 is 1.00 bits per heavy atom. The van der Waals surface area contributed by atoms with Crippen LogP contribution >= 0.6 is 0 Å². The number of fused-ring (bicyclic) bond motifs is 2. The van der Waals surface area contributed by atoms with Crippen molar-refractivity contribution in [3.05, 3.63) is 83.8 Å². The van der Waals surface area contributed by atoms with Crippen LogP contribution in [0.3, 0.4) is 0 Å². The van der Waals surface area contributed by atoms with Gasteiger partial charge in [-0.3, -0.25) is 4.90 Å². The summed E-state index contributed by atoms with van der Waals surface area (Å²) in [6.07, 6.45) is 7.49. The van der Waals surface area contributed by atoms with Crippen LogP contribution < -0.4 is 10.1 Å². The second-order valence-electron chi connectivity index (χ2n) is 8.51. The lowest BCUT2D eigenvalue weighted by Gasteiger charge is -2.25. The highest BCUT2D eigenvalue weighted by molar-refractivity contribution is 5.60. The van der Waals surface area contributed by atoms with E-state index in [1.807, 2.05) is 10.7 Å². The van der Waals surface area contributed by atoms with Gasteiger partial charge in [0.2, 0.25) is 0 Å². The molecule has 0 saturated carbocycles. The van der Waals surface area contributed by atoms with Crippen LogP contribution in [0.5, 0.6) is 5.75 Å². The van der Waals surface area contributed by atoms with Crippen molar-refractivity contribution in [2.45, 2.75) is 38.6 Å². The Hall–Kier alpha value is -3.05. The topological polar surface area (TPSA) is 42.3 Å². The van der Waals surface area contributed by atoms with Crippen molar-refractivity contribution >= 4 is 5.69 Å². The molecule has 0 amide bonds. The molecule has 5 nitrogen and oxygen atoms in total. The van der Waals surface area contributed by atoms with E-state index in [4.69, 9.17) is 9.84 Å². The number of benzene rings is 2. The van der Waals surface area contributed by atoms with Crippen LogP contribution in [0, 0.1) is 0 Å². The smallest absolute Gasteiger partial charge is 0.121 e. The van der Waals surface area contributed by atoms with Crippen LogP contribution in [-0.4, -0.2) is 34.4 Å². The van der Waals surface area contributed by atoms with E-state index in [9.17, 15) is 0 Å². The number of ether oxygens (including phenoxy) is 1. The minimum Gasteiger partial charge on any atom is -0.494 e. The van der Waals surface area contributed by atoms with Crippen LogP contribution in [0.25, 0.3) is 5.69 Å². The third-order valence-corrected chi connectivity index (χ3v) is 6.18. The molecule has 0 saturated heterocycles. The molecule has 0 fully saturated rings. The molecule has 5 rings (SSSR count). The summed E-state index contributed by atoms with van der Waals surface area (Å²) in [5.74, 6) is 0.942. The number of aromatic nitrogens is 2. The quantitative estimate of drug-likeness (QED) is 0.555. The van der Waals surface area contributed by atoms with Crippen LogP contribution in [0.1, 0.15) is 36.1 Å². The average molecular weight is 415 g/mol. The molecule has 160 valence electrons. The van der Waals surface area contributed by atoms with Gasteiger partial charge in [0.15, 0.2) is 0 Å². The number of aryl methyl sites for hydroxylation is 1. The maximum atomic E-state index is 6.00. The molecule has 0 aliphatic carbocycles. The lowest BCUT2D eigenvalue weighted by molar-refractivity contribution is 0.234. The monoisotopic (exact) mass is 414 g/mol. The molecule has 31 heavy (non-hydrogen) atoms. The van der Waals surface area contributed by atoms with Crippen molar-refractivity contribution in [3.63, 3.8) is 0 Å². The third-order valence-electron chi connectivity index (χ3n) is 6.18. The highest BCUT2D eigenvalue weighted by Gasteiger charge is 2.19. The zero-order valence-corrected chi connectivity index (χ0v) is 18.0. The van der Waals surface area contributed by atoms with Crippen LogP contribution in [0.2, 0.25) is 0 Å². The van der Waals surface area contributed by atoms with E-state index in [2.05, 4.69) is 65.5 Å². The van der Waals surface area contributed by atoms with Crippen molar-refractivity contribution in [2.24, 2.45) is 0 Å². The van der Waals surface area contributed by atoms with E-state index in [-0.39, 0.29) is 0 Å². The molecule has 1 N–H and O–H groups in total. The Balaban J connectivity index is 1.07. The van der Waals surface area contributed by atoms with Gasteiger partial charge in [0.25, 0.3) is 0 Å². The Kier molecular flexibility index (Phi) is 5.76. The molecule has 3 aromatic rings. The Labute approximate surface area is 184 Å². The summed E-state index contributed by atoms with van der Waals surface area (Å²) in [5.41, 5.74) is 7.31. The van der Waals surface area contributed by atoms with Gasteiger partial charge in [-0.25, -0.2) is 4.68 Å². The van der Waals surface area contributed by atoms with Gasteiger partial charge in [0.05, 0.1) is 18.0 Å². The summed E-state index contributed by atoms with van der Waals surface area (Å²) in [6.45, 7) is 7.97. The summed E-state index contributed by atoms with van der Waals surface area (Å²) in [5, 5.41) is 8.17. The van der Waals surface area contributed by atoms with Gasteiger partial charge < -0.3 is 10.1 Å². The predicted molar refractivity (Wildman–Crippen MR) is 125 cm³/mol. The third kappa shape index (κ3) is 4.67. The molecule has 0 atom stereocenters. The van der Waals surface area contributed by atoms with E-state index in [0.29, 0.717) is 0 Å². The fourth-order valence-corrected chi connectivity index (χ4v) is 4.42. The average Bonchev–Trinajstić information content (AvgIpc) is 3.23. The molecule has 0 unspecified atom stereocenters. The van der Waals surface area contributed by atoms with E-state index in [1.54, 1.807) is 0 Å².